The van der Waals surface area contributed by atoms with Crippen molar-refractivity contribution in [2.75, 3.05) is 11.8 Å². The van der Waals surface area contributed by atoms with Crippen LogP contribution in [0.25, 0.3) is 5.52 Å². The van der Waals surface area contributed by atoms with Gasteiger partial charge >= 0.3 is 6.61 Å². The van der Waals surface area contributed by atoms with Gasteiger partial charge in [0.05, 0.1) is 18.8 Å². The third-order valence-corrected chi connectivity index (χ3v) is 5.11. The second-order valence-corrected chi connectivity index (χ2v) is 7.56. The maximum absolute atomic E-state index is 14.2. The van der Waals surface area contributed by atoms with E-state index in [0.29, 0.717) is 10.5 Å². The molecule has 144 valence electrons. The van der Waals surface area contributed by atoms with Crippen LogP contribution >= 0.6 is 15.9 Å². The fourth-order valence-corrected chi connectivity index (χ4v) is 3.63. The molecule has 3 aromatic rings. The van der Waals surface area contributed by atoms with Crippen molar-refractivity contribution in [1.29, 1.82) is 0 Å². The van der Waals surface area contributed by atoms with Gasteiger partial charge < -0.3 is 9.47 Å². The topological polar surface area (TPSA) is 94.8 Å². The number of aromatic nitrogens is 3. The number of rotatable bonds is 6. The van der Waals surface area contributed by atoms with E-state index < -0.39 is 39.9 Å². The largest absolute Gasteiger partial charge is 0.478 e. The quantitative estimate of drug-likeness (QED) is 0.599. The number of anilines is 1. The molecule has 0 aliphatic heterocycles. The Balaban J connectivity index is 2.00. The van der Waals surface area contributed by atoms with Gasteiger partial charge in [0.15, 0.2) is 17.4 Å². The minimum atomic E-state index is -4.29. The van der Waals surface area contributed by atoms with Crippen molar-refractivity contribution in [2.24, 2.45) is 0 Å². The molecule has 13 heteroatoms. The number of fused-ring (bicyclic) bond motifs is 1. The molecule has 0 atom stereocenters. The first-order valence-electron chi connectivity index (χ1n) is 7.06. The molecular formula is C14H10BrF3N4O4S. The molecule has 0 saturated carbocycles. The number of hydrogen-bond donors (Lipinski definition) is 1. The fraction of sp³-hybridized carbons (Fsp3) is 0.143. The van der Waals surface area contributed by atoms with E-state index in [1.165, 1.54) is 16.8 Å². The number of ether oxygens (including phenoxy) is 2. The highest BCUT2D eigenvalue weighted by molar-refractivity contribution is 9.10. The first-order valence-corrected chi connectivity index (χ1v) is 9.34. The van der Waals surface area contributed by atoms with Crippen LogP contribution in [0, 0.1) is 5.82 Å². The number of sulfonamides is 1. The Morgan fingerprint density at radius 3 is 2.74 bits per heavy atom. The molecule has 0 radical (unpaired) electrons. The predicted octanol–water partition coefficient (Wildman–Crippen LogP) is 3.04. The van der Waals surface area contributed by atoms with Crippen LogP contribution in [0.15, 0.2) is 40.0 Å². The molecule has 0 unspecified atom stereocenters. The van der Waals surface area contributed by atoms with Gasteiger partial charge in [-0.15, -0.1) is 0 Å². The number of alkyl halides is 2. The zero-order valence-electron chi connectivity index (χ0n) is 13.4. The van der Waals surface area contributed by atoms with Gasteiger partial charge in [-0.3, -0.25) is 4.72 Å². The number of pyridine rings is 2. The average molecular weight is 467 g/mol. The Hall–Kier alpha value is -2.54. The minimum absolute atomic E-state index is 0.232. The summed E-state index contributed by atoms with van der Waals surface area (Å²) in [4.78, 5) is 3.32. The van der Waals surface area contributed by atoms with Crippen LogP contribution in [-0.4, -0.2) is 36.7 Å². The molecular weight excluding hydrogens is 457 g/mol. The van der Waals surface area contributed by atoms with E-state index in [0.717, 1.165) is 13.3 Å². The molecule has 3 rings (SSSR count). The molecule has 3 aromatic heterocycles. The van der Waals surface area contributed by atoms with Crippen molar-refractivity contribution in [2.45, 2.75) is 11.5 Å². The normalized spacial score (nSPS) is 11.8. The minimum Gasteiger partial charge on any atom is -0.478 e. The molecule has 0 spiro atoms. The zero-order valence-corrected chi connectivity index (χ0v) is 15.8. The van der Waals surface area contributed by atoms with Gasteiger partial charge in [-0.2, -0.15) is 18.9 Å². The van der Waals surface area contributed by atoms with E-state index in [1.54, 1.807) is 6.07 Å². The lowest BCUT2D eigenvalue weighted by Gasteiger charge is -2.12. The Morgan fingerprint density at radius 1 is 1.33 bits per heavy atom. The molecule has 27 heavy (non-hydrogen) atoms. The van der Waals surface area contributed by atoms with Crippen LogP contribution in [0.2, 0.25) is 0 Å². The van der Waals surface area contributed by atoms with Gasteiger partial charge in [0.1, 0.15) is 4.90 Å². The lowest BCUT2D eigenvalue weighted by atomic mass is 10.4. The van der Waals surface area contributed by atoms with Crippen LogP contribution in [0.5, 0.6) is 11.6 Å². The van der Waals surface area contributed by atoms with E-state index in [4.69, 9.17) is 4.74 Å². The van der Waals surface area contributed by atoms with Crippen molar-refractivity contribution in [3.05, 3.63) is 40.9 Å². The summed E-state index contributed by atoms with van der Waals surface area (Å²) in [5.74, 6) is -3.16. The van der Waals surface area contributed by atoms with Gasteiger partial charge in [0, 0.05) is 16.7 Å². The van der Waals surface area contributed by atoms with Crippen LogP contribution in [0.1, 0.15) is 0 Å². The zero-order chi connectivity index (χ0) is 19.8. The number of halogens is 4. The van der Waals surface area contributed by atoms with E-state index in [1.807, 2.05) is 4.72 Å². The molecule has 0 aliphatic rings. The van der Waals surface area contributed by atoms with Gasteiger partial charge in [-0.1, -0.05) is 0 Å². The molecule has 0 bridgehead atoms. The van der Waals surface area contributed by atoms with E-state index in [9.17, 15) is 21.6 Å². The van der Waals surface area contributed by atoms with Crippen LogP contribution in [-0.2, 0) is 10.0 Å². The SMILES string of the molecule is COc1nc(NS(=O)(=O)c2cnn3cc(Br)ccc23)c(F)cc1OC(F)F. The fourth-order valence-electron chi connectivity index (χ4n) is 2.18. The predicted molar refractivity (Wildman–Crippen MR) is 91.1 cm³/mol. The van der Waals surface area contributed by atoms with E-state index >= 15 is 0 Å². The van der Waals surface area contributed by atoms with Crippen molar-refractivity contribution < 1.29 is 31.1 Å². The smallest absolute Gasteiger partial charge is 0.387 e. The summed E-state index contributed by atoms with van der Waals surface area (Å²) in [6.45, 7) is -3.24. The summed E-state index contributed by atoms with van der Waals surface area (Å²) >= 11 is 3.23. The molecule has 8 nitrogen and oxygen atoms in total. The molecule has 0 aromatic carbocycles. The highest BCUT2D eigenvalue weighted by atomic mass is 79.9. The maximum Gasteiger partial charge on any atom is 0.387 e. The van der Waals surface area contributed by atoms with Gasteiger partial charge in [0.25, 0.3) is 15.9 Å². The second kappa shape index (κ2) is 7.23. The standard InChI is InChI=1S/C14H10BrF3N4O4S/c1-25-13-10(26-14(17)18)4-8(16)12(20-13)21-27(23,24)11-5-19-22-6-7(15)2-3-9(11)22/h2-6,14H,1H3,(H,20,21). The lowest BCUT2D eigenvalue weighted by molar-refractivity contribution is -0.0517. The number of methoxy groups -OCH3 is 1. The van der Waals surface area contributed by atoms with E-state index in [-0.39, 0.29) is 10.4 Å². The molecule has 0 saturated heterocycles. The van der Waals surface area contributed by atoms with Crippen molar-refractivity contribution in [3.63, 3.8) is 0 Å². The Bertz CT molecular complexity index is 1110. The molecule has 3 heterocycles. The summed E-state index contributed by atoms with van der Waals surface area (Å²) in [7, 11) is -3.21. The Kier molecular flexibility index (Phi) is 5.15. The van der Waals surface area contributed by atoms with Crippen molar-refractivity contribution in [1.82, 2.24) is 14.6 Å². The van der Waals surface area contributed by atoms with Gasteiger partial charge in [0.2, 0.25) is 0 Å². The molecule has 0 fully saturated rings. The lowest BCUT2D eigenvalue weighted by Crippen LogP contribution is -2.16. The second-order valence-electron chi connectivity index (χ2n) is 5.00. The summed E-state index contributed by atoms with van der Waals surface area (Å²) in [6.07, 6.45) is 2.61. The number of nitrogens with zero attached hydrogens (tertiary/aromatic N) is 3. The molecule has 1 N–H and O–H groups in total. The summed E-state index contributed by atoms with van der Waals surface area (Å²) in [6, 6.07) is 3.65. The monoisotopic (exact) mass is 466 g/mol. The molecule has 0 amide bonds. The number of hydrogen-bond acceptors (Lipinski definition) is 6. The molecule has 0 aliphatic carbocycles. The summed E-state index contributed by atoms with van der Waals surface area (Å²) in [5, 5.41) is 3.92. The average Bonchev–Trinajstić information content (AvgIpc) is 3.00. The first kappa shape index (κ1) is 19.2. The summed E-state index contributed by atoms with van der Waals surface area (Å²) < 4.78 is 76.8. The highest BCUT2D eigenvalue weighted by Gasteiger charge is 2.24. The van der Waals surface area contributed by atoms with E-state index in [2.05, 4.69) is 30.7 Å². The first-order chi connectivity index (χ1) is 12.7. The maximum atomic E-state index is 14.2. The van der Waals surface area contributed by atoms with Crippen LogP contribution < -0.4 is 14.2 Å². The number of nitrogens with one attached hydrogen (secondary N) is 1. The highest BCUT2D eigenvalue weighted by Crippen LogP contribution is 2.31. The van der Waals surface area contributed by atoms with Gasteiger partial charge in [-0.05, 0) is 28.1 Å². The van der Waals surface area contributed by atoms with Crippen molar-refractivity contribution in [3.8, 4) is 11.6 Å². The van der Waals surface area contributed by atoms with Crippen LogP contribution in [0.3, 0.4) is 0 Å². The third-order valence-electron chi connectivity index (χ3n) is 3.28. The Morgan fingerprint density at radius 2 is 2.07 bits per heavy atom. The summed E-state index contributed by atoms with van der Waals surface area (Å²) in [5.41, 5.74) is 0.232. The third kappa shape index (κ3) is 3.93. The Labute approximate surface area is 159 Å². The van der Waals surface area contributed by atoms with Crippen LogP contribution in [0.4, 0.5) is 19.0 Å². The van der Waals surface area contributed by atoms with Crippen molar-refractivity contribution >= 4 is 37.3 Å². The van der Waals surface area contributed by atoms with Gasteiger partial charge in [-0.25, -0.2) is 17.3 Å².